The summed E-state index contributed by atoms with van der Waals surface area (Å²) in [6.07, 6.45) is 0. The van der Waals surface area contributed by atoms with Gasteiger partial charge < -0.3 is 15.0 Å². The predicted molar refractivity (Wildman–Crippen MR) is 153 cm³/mol. The van der Waals surface area contributed by atoms with Gasteiger partial charge in [-0.3, -0.25) is 13.9 Å². The van der Waals surface area contributed by atoms with Gasteiger partial charge in [-0.25, -0.2) is 8.42 Å². The summed E-state index contributed by atoms with van der Waals surface area (Å²) in [7, 11) is -2.55. The predicted octanol–water partition coefficient (Wildman–Crippen LogP) is 4.37. The van der Waals surface area contributed by atoms with Gasteiger partial charge in [-0.2, -0.15) is 0 Å². The van der Waals surface area contributed by atoms with Crippen LogP contribution < -0.4 is 14.4 Å². The summed E-state index contributed by atoms with van der Waals surface area (Å²) < 4.78 is 34.3. The molecule has 0 spiro atoms. The lowest BCUT2D eigenvalue weighted by Crippen LogP contribution is -2.51. The van der Waals surface area contributed by atoms with Gasteiger partial charge >= 0.3 is 0 Å². The molecule has 9 heteroatoms. The zero-order valence-electron chi connectivity index (χ0n) is 23.4. The molecule has 0 saturated carbocycles. The third-order valence-corrected chi connectivity index (χ3v) is 8.46. The van der Waals surface area contributed by atoms with E-state index in [4.69, 9.17) is 4.74 Å². The number of hydrogen-bond donors (Lipinski definition) is 1. The van der Waals surface area contributed by atoms with Crippen molar-refractivity contribution in [2.75, 3.05) is 24.5 Å². The molecule has 0 aliphatic heterocycles. The fourth-order valence-electron chi connectivity index (χ4n) is 4.12. The Morgan fingerprint density at radius 3 is 2.26 bits per heavy atom. The Morgan fingerprint density at radius 1 is 0.949 bits per heavy atom. The second-order valence-electron chi connectivity index (χ2n) is 9.54. The standard InChI is InChI=1S/C30H37N3O5S/c1-7-31-30(35)24(5)32(19-25-9-8-10-27(18-25)38-6)29(34)20-33(26-14-13-22(3)23(4)17-26)39(36,37)28-15-11-21(2)12-16-28/h8-18,24H,7,19-20H2,1-6H3,(H,31,35)/t24-/m1/s1. The smallest absolute Gasteiger partial charge is 0.264 e. The number of methoxy groups -OCH3 is 1. The molecular weight excluding hydrogens is 514 g/mol. The molecule has 1 atom stereocenters. The van der Waals surface area contributed by atoms with Gasteiger partial charge in [-0.05, 0) is 87.7 Å². The van der Waals surface area contributed by atoms with Crippen LogP contribution in [0.25, 0.3) is 0 Å². The molecule has 3 aromatic carbocycles. The third kappa shape index (κ3) is 7.17. The summed E-state index contributed by atoms with van der Waals surface area (Å²) in [5.74, 6) is -0.220. The number of anilines is 1. The molecule has 0 bridgehead atoms. The number of likely N-dealkylation sites (N-methyl/N-ethyl adjacent to an activating group) is 1. The van der Waals surface area contributed by atoms with Crippen LogP contribution in [0.3, 0.4) is 0 Å². The summed E-state index contributed by atoms with van der Waals surface area (Å²) in [4.78, 5) is 28.2. The second-order valence-corrected chi connectivity index (χ2v) is 11.4. The zero-order chi connectivity index (χ0) is 28.7. The van der Waals surface area contributed by atoms with Crippen molar-refractivity contribution < 1.29 is 22.7 Å². The SMILES string of the molecule is CCNC(=O)[C@@H](C)N(Cc1cccc(OC)c1)C(=O)CN(c1ccc(C)c(C)c1)S(=O)(=O)c1ccc(C)cc1. The topological polar surface area (TPSA) is 96.0 Å². The highest BCUT2D eigenvalue weighted by molar-refractivity contribution is 7.92. The van der Waals surface area contributed by atoms with Crippen LogP contribution in [0.2, 0.25) is 0 Å². The zero-order valence-corrected chi connectivity index (χ0v) is 24.2. The van der Waals surface area contributed by atoms with Crippen molar-refractivity contribution in [2.24, 2.45) is 0 Å². The number of rotatable bonds is 11. The first kappa shape index (κ1) is 29.7. The molecule has 208 valence electrons. The van der Waals surface area contributed by atoms with Crippen LogP contribution in [0.15, 0.2) is 71.6 Å². The molecule has 1 N–H and O–H groups in total. The molecule has 0 aliphatic rings. The average molecular weight is 552 g/mol. The van der Waals surface area contributed by atoms with Gasteiger partial charge in [0.15, 0.2) is 0 Å². The van der Waals surface area contributed by atoms with E-state index in [1.165, 1.54) is 17.0 Å². The Morgan fingerprint density at radius 2 is 1.64 bits per heavy atom. The molecule has 8 nitrogen and oxygen atoms in total. The van der Waals surface area contributed by atoms with Gasteiger partial charge in [0, 0.05) is 13.1 Å². The van der Waals surface area contributed by atoms with E-state index in [0.29, 0.717) is 18.0 Å². The van der Waals surface area contributed by atoms with Crippen LogP contribution in [-0.2, 0) is 26.2 Å². The van der Waals surface area contributed by atoms with Crippen molar-refractivity contribution in [3.05, 3.63) is 89.0 Å². The molecule has 2 amide bonds. The van der Waals surface area contributed by atoms with Gasteiger partial charge in [0.2, 0.25) is 11.8 Å². The molecule has 0 aromatic heterocycles. The van der Waals surface area contributed by atoms with Gasteiger partial charge in [0.25, 0.3) is 10.0 Å². The number of aryl methyl sites for hydroxylation is 3. The van der Waals surface area contributed by atoms with Crippen LogP contribution in [0, 0.1) is 20.8 Å². The van der Waals surface area contributed by atoms with Gasteiger partial charge in [0.1, 0.15) is 18.3 Å². The lowest BCUT2D eigenvalue weighted by atomic mass is 10.1. The fourth-order valence-corrected chi connectivity index (χ4v) is 5.53. The van der Waals surface area contributed by atoms with Gasteiger partial charge in [-0.15, -0.1) is 0 Å². The van der Waals surface area contributed by atoms with Crippen LogP contribution in [0.5, 0.6) is 5.75 Å². The van der Waals surface area contributed by atoms with Crippen LogP contribution in [-0.4, -0.2) is 51.4 Å². The van der Waals surface area contributed by atoms with E-state index >= 15 is 0 Å². The number of nitrogens with zero attached hydrogens (tertiary/aromatic N) is 2. The summed E-state index contributed by atoms with van der Waals surface area (Å²) in [5, 5.41) is 2.76. The first-order valence-electron chi connectivity index (χ1n) is 12.8. The minimum atomic E-state index is -4.10. The van der Waals surface area contributed by atoms with Crippen molar-refractivity contribution in [1.82, 2.24) is 10.2 Å². The van der Waals surface area contributed by atoms with Crippen LogP contribution in [0.4, 0.5) is 5.69 Å². The Hall–Kier alpha value is -3.85. The first-order chi connectivity index (χ1) is 18.5. The number of nitrogens with one attached hydrogen (secondary N) is 1. The largest absolute Gasteiger partial charge is 0.497 e. The minimum absolute atomic E-state index is 0.0789. The molecule has 0 fully saturated rings. The van der Waals surface area contributed by atoms with Gasteiger partial charge in [0.05, 0.1) is 17.7 Å². The highest BCUT2D eigenvalue weighted by Gasteiger charge is 2.32. The maximum absolute atomic E-state index is 13.9. The summed E-state index contributed by atoms with van der Waals surface area (Å²) in [5.41, 5.74) is 3.94. The van der Waals surface area contributed by atoms with Crippen LogP contribution >= 0.6 is 0 Å². The van der Waals surface area contributed by atoms with E-state index in [1.54, 1.807) is 63.4 Å². The van der Waals surface area contributed by atoms with E-state index < -0.39 is 28.5 Å². The highest BCUT2D eigenvalue weighted by atomic mass is 32.2. The number of carbonyl (C=O) groups is 2. The van der Waals surface area contributed by atoms with Crippen molar-refractivity contribution in [1.29, 1.82) is 0 Å². The summed E-state index contributed by atoms with van der Waals surface area (Å²) in [6, 6.07) is 18.2. The maximum Gasteiger partial charge on any atom is 0.264 e. The quantitative estimate of drug-likeness (QED) is 0.382. The molecule has 3 aromatic rings. The molecule has 3 rings (SSSR count). The number of hydrogen-bond acceptors (Lipinski definition) is 5. The molecule has 0 aliphatic carbocycles. The lowest BCUT2D eigenvalue weighted by Gasteiger charge is -2.32. The Balaban J connectivity index is 2.06. The number of ether oxygens (including phenoxy) is 1. The van der Waals surface area contributed by atoms with E-state index in [2.05, 4.69) is 5.32 Å². The van der Waals surface area contributed by atoms with E-state index in [-0.39, 0.29) is 17.3 Å². The highest BCUT2D eigenvalue weighted by Crippen LogP contribution is 2.27. The summed E-state index contributed by atoms with van der Waals surface area (Å²) in [6.45, 7) is 9.16. The Kier molecular flexibility index (Phi) is 9.75. The fraction of sp³-hybridized carbons (Fsp3) is 0.333. The molecular formula is C30H37N3O5S. The van der Waals surface area contributed by atoms with Crippen molar-refractivity contribution >= 4 is 27.5 Å². The minimum Gasteiger partial charge on any atom is -0.497 e. The number of benzene rings is 3. The van der Waals surface area contributed by atoms with Crippen molar-refractivity contribution in [3.63, 3.8) is 0 Å². The molecule has 39 heavy (non-hydrogen) atoms. The number of carbonyl (C=O) groups excluding carboxylic acids is 2. The van der Waals surface area contributed by atoms with Crippen molar-refractivity contribution in [2.45, 2.75) is 52.1 Å². The van der Waals surface area contributed by atoms with Crippen LogP contribution in [0.1, 0.15) is 36.1 Å². The van der Waals surface area contributed by atoms with E-state index in [0.717, 1.165) is 26.6 Å². The maximum atomic E-state index is 13.9. The summed E-state index contributed by atoms with van der Waals surface area (Å²) >= 11 is 0. The Bertz CT molecular complexity index is 1420. The Labute approximate surface area is 231 Å². The first-order valence-corrected chi connectivity index (χ1v) is 14.3. The van der Waals surface area contributed by atoms with Crippen molar-refractivity contribution in [3.8, 4) is 5.75 Å². The second kappa shape index (κ2) is 12.8. The van der Waals surface area contributed by atoms with E-state index in [1.807, 2.05) is 32.9 Å². The monoisotopic (exact) mass is 551 g/mol. The molecule has 0 heterocycles. The molecule has 0 unspecified atom stereocenters. The lowest BCUT2D eigenvalue weighted by molar-refractivity contribution is -0.139. The molecule has 0 radical (unpaired) electrons. The third-order valence-electron chi connectivity index (χ3n) is 6.67. The molecule has 0 saturated heterocycles. The average Bonchev–Trinajstić information content (AvgIpc) is 2.92. The number of amides is 2. The van der Waals surface area contributed by atoms with E-state index in [9.17, 15) is 18.0 Å². The normalized spacial score (nSPS) is 11.9. The van der Waals surface area contributed by atoms with Gasteiger partial charge in [-0.1, -0.05) is 35.9 Å². The number of sulfonamides is 1.